The fraction of sp³-hybridized carbons (Fsp3) is 0.462. The van der Waals surface area contributed by atoms with E-state index in [0.717, 1.165) is 29.4 Å². The van der Waals surface area contributed by atoms with E-state index in [4.69, 9.17) is 11.6 Å². The summed E-state index contributed by atoms with van der Waals surface area (Å²) in [5.41, 5.74) is 0.766. The molecule has 1 fully saturated rings. The van der Waals surface area contributed by atoms with Crippen molar-refractivity contribution < 1.29 is 4.79 Å². The fourth-order valence-corrected chi connectivity index (χ4v) is 2.77. The van der Waals surface area contributed by atoms with Gasteiger partial charge in [-0.1, -0.05) is 24.9 Å². The lowest BCUT2D eigenvalue weighted by Crippen LogP contribution is -2.24. The smallest absolute Gasteiger partial charge is 0.227 e. The molecule has 92 valence electrons. The Morgan fingerprint density at radius 2 is 2.24 bits per heavy atom. The lowest BCUT2D eigenvalue weighted by Gasteiger charge is -2.15. The summed E-state index contributed by atoms with van der Waals surface area (Å²) in [6, 6.07) is 5.46. The Kier molecular flexibility index (Phi) is 4.10. The van der Waals surface area contributed by atoms with Crippen molar-refractivity contribution in [3.8, 4) is 0 Å². The molecule has 2 unspecified atom stereocenters. The van der Waals surface area contributed by atoms with Crippen molar-refractivity contribution in [3.63, 3.8) is 0 Å². The van der Waals surface area contributed by atoms with E-state index in [-0.39, 0.29) is 11.8 Å². The Labute approximate surface area is 115 Å². The van der Waals surface area contributed by atoms with Crippen LogP contribution in [0.25, 0.3) is 0 Å². The Hall–Kier alpha value is -0.540. The topological polar surface area (TPSA) is 29.1 Å². The van der Waals surface area contributed by atoms with E-state index < -0.39 is 0 Å². The van der Waals surface area contributed by atoms with Gasteiger partial charge in [-0.05, 0) is 52.9 Å². The highest BCUT2D eigenvalue weighted by Crippen LogP contribution is 2.32. The maximum atomic E-state index is 12.1. The van der Waals surface area contributed by atoms with Gasteiger partial charge in [0.2, 0.25) is 5.91 Å². The molecule has 4 heteroatoms. The highest BCUT2D eigenvalue weighted by atomic mass is 79.9. The van der Waals surface area contributed by atoms with E-state index in [9.17, 15) is 4.79 Å². The molecule has 1 aromatic rings. The number of anilines is 1. The molecule has 0 saturated heterocycles. The first kappa shape index (κ1) is 12.9. The second-order valence-electron chi connectivity index (χ2n) is 4.63. The zero-order chi connectivity index (χ0) is 12.4. The van der Waals surface area contributed by atoms with Crippen molar-refractivity contribution in [3.05, 3.63) is 27.7 Å². The first-order valence-corrected chi connectivity index (χ1v) is 7.01. The second kappa shape index (κ2) is 5.40. The summed E-state index contributed by atoms with van der Waals surface area (Å²) in [6.45, 7) is 2.14. The lowest BCUT2D eigenvalue weighted by atomic mass is 9.97. The van der Waals surface area contributed by atoms with Crippen LogP contribution in [0, 0.1) is 11.8 Å². The van der Waals surface area contributed by atoms with Crippen molar-refractivity contribution in [2.75, 3.05) is 5.32 Å². The highest BCUT2D eigenvalue weighted by molar-refractivity contribution is 9.10. The molecular weight excluding hydrogens is 302 g/mol. The minimum Gasteiger partial charge on any atom is -0.326 e. The minimum absolute atomic E-state index is 0.119. The molecular formula is C13H15BrClNO. The van der Waals surface area contributed by atoms with Crippen LogP contribution in [0.15, 0.2) is 22.7 Å². The average Bonchev–Trinajstić information content (AvgIpc) is 2.70. The third kappa shape index (κ3) is 3.02. The van der Waals surface area contributed by atoms with Crippen LogP contribution in [-0.2, 0) is 4.79 Å². The number of benzene rings is 1. The second-order valence-corrected chi connectivity index (χ2v) is 5.89. The maximum Gasteiger partial charge on any atom is 0.227 e. The molecule has 0 spiro atoms. The predicted molar refractivity (Wildman–Crippen MR) is 74.3 cm³/mol. The molecule has 2 atom stereocenters. The Morgan fingerprint density at radius 1 is 1.47 bits per heavy atom. The van der Waals surface area contributed by atoms with Gasteiger partial charge in [0.25, 0.3) is 0 Å². The molecule has 0 bridgehead atoms. The number of halogens is 2. The Bertz CT molecular complexity index is 435. The lowest BCUT2D eigenvalue weighted by molar-refractivity contribution is -0.120. The number of nitrogens with one attached hydrogen (secondary N) is 1. The monoisotopic (exact) mass is 315 g/mol. The number of rotatable bonds is 2. The van der Waals surface area contributed by atoms with E-state index in [1.807, 2.05) is 12.1 Å². The first-order chi connectivity index (χ1) is 8.08. The molecule has 1 amide bonds. The molecule has 1 saturated carbocycles. The average molecular weight is 317 g/mol. The predicted octanol–water partition coefficient (Wildman–Crippen LogP) is 4.48. The van der Waals surface area contributed by atoms with Crippen LogP contribution in [0.3, 0.4) is 0 Å². The van der Waals surface area contributed by atoms with Crippen LogP contribution in [0.2, 0.25) is 5.02 Å². The van der Waals surface area contributed by atoms with Crippen LogP contribution in [0.1, 0.15) is 26.2 Å². The van der Waals surface area contributed by atoms with E-state index >= 15 is 0 Å². The molecule has 0 aromatic heterocycles. The summed E-state index contributed by atoms with van der Waals surface area (Å²) in [5.74, 6) is 0.756. The van der Waals surface area contributed by atoms with Gasteiger partial charge in [-0.25, -0.2) is 0 Å². The van der Waals surface area contributed by atoms with Crippen LogP contribution in [0.4, 0.5) is 5.69 Å². The maximum absolute atomic E-state index is 12.1. The van der Waals surface area contributed by atoms with Gasteiger partial charge in [0, 0.05) is 16.1 Å². The van der Waals surface area contributed by atoms with Gasteiger partial charge < -0.3 is 5.32 Å². The van der Waals surface area contributed by atoms with Gasteiger partial charge in [-0.3, -0.25) is 4.79 Å². The van der Waals surface area contributed by atoms with Gasteiger partial charge in [0.1, 0.15) is 0 Å². The Morgan fingerprint density at radius 3 is 2.82 bits per heavy atom. The van der Waals surface area contributed by atoms with Crippen molar-refractivity contribution >= 4 is 39.1 Å². The van der Waals surface area contributed by atoms with Crippen LogP contribution in [0.5, 0.6) is 0 Å². The number of hydrogen-bond acceptors (Lipinski definition) is 1. The van der Waals surface area contributed by atoms with Gasteiger partial charge in [0.05, 0.1) is 5.02 Å². The van der Waals surface area contributed by atoms with Gasteiger partial charge >= 0.3 is 0 Å². The largest absolute Gasteiger partial charge is 0.326 e. The zero-order valence-corrected chi connectivity index (χ0v) is 12.0. The third-order valence-electron chi connectivity index (χ3n) is 3.39. The normalized spacial score (nSPS) is 23.7. The molecule has 1 aromatic carbocycles. The van der Waals surface area contributed by atoms with Crippen LogP contribution >= 0.6 is 27.5 Å². The minimum atomic E-state index is 0.119. The molecule has 1 N–H and O–H groups in total. The summed E-state index contributed by atoms with van der Waals surface area (Å²) < 4.78 is 0.839. The first-order valence-electron chi connectivity index (χ1n) is 5.84. The number of amides is 1. The zero-order valence-electron chi connectivity index (χ0n) is 9.67. The van der Waals surface area contributed by atoms with E-state index in [2.05, 4.69) is 28.2 Å². The molecule has 0 heterocycles. The molecule has 1 aliphatic carbocycles. The summed E-state index contributed by atoms with van der Waals surface area (Å²) in [4.78, 5) is 12.1. The quantitative estimate of drug-likeness (QED) is 0.856. The molecule has 2 rings (SSSR count). The summed E-state index contributed by atoms with van der Waals surface area (Å²) in [6.07, 6.45) is 3.30. The molecule has 0 radical (unpaired) electrons. The van der Waals surface area contributed by atoms with Crippen LogP contribution in [-0.4, -0.2) is 5.91 Å². The molecule has 0 aliphatic heterocycles. The van der Waals surface area contributed by atoms with Crippen LogP contribution < -0.4 is 5.32 Å². The molecule has 1 aliphatic rings. The van der Waals surface area contributed by atoms with Crippen molar-refractivity contribution in [1.82, 2.24) is 0 Å². The van der Waals surface area contributed by atoms with Crippen molar-refractivity contribution in [2.45, 2.75) is 26.2 Å². The summed E-state index contributed by atoms with van der Waals surface area (Å²) >= 11 is 9.31. The molecule has 17 heavy (non-hydrogen) atoms. The van der Waals surface area contributed by atoms with Gasteiger partial charge in [-0.15, -0.1) is 0 Å². The van der Waals surface area contributed by atoms with Gasteiger partial charge in [0.15, 0.2) is 0 Å². The molecule has 2 nitrogen and oxygen atoms in total. The number of hydrogen-bond donors (Lipinski definition) is 1. The number of carbonyl (C=O) groups excluding carboxylic acids is 1. The van der Waals surface area contributed by atoms with Crippen molar-refractivity contribution in [1.29, 1.82) is 0 Å². The summed E-state index contributed by atoms with van der Waals surface area (Å²) in [7, 11) is 0. The van der Waals surface area contributed by atoms with E-state index in [1.165, 1.54) is 0 Å². The number of carbonyl (C=O) groups is 1. The fourth-order valence-electron chi connectivity index (χ4n) is 2.34. The standard InChI is InChI=1S/C13H15BrClNO/c1-8-3-2-4-10(8)13(17)16-9-5-6-11(14)12(15)7-9/h5-8,10H,2-4H2,1H3,(H,16,17). The van der Waals surface area contributed by atoms with E-state index in [0.29, 0.717) is 10.9 Å². The highest BCUT2D eigenvalue weighted by Gasteiger charge is 2.29. The Balaban J connectivity index is 2.05. The SMILES string of the molecule is CC1CCCC1C(=O)Nc1ccc(Br)c(Cl)c1. The summed E-state index contributed by atoms with van der Waals surface area (Å²) in [5, 5.41) is 3.55. The van der Waals surface area contributed by atoms with Gasteiger partial charge in [-0.2, -0.15) is 0 Å². The van der Waals surface area contributed by atoms with E-state index in [1.54, 1.807) is 6.07 Å². The third-order valence-corrected chi connectivity index (χ3v) is 4.62. The van der Waals surface area contributed by atoms with Crippen molar-refractivity contribution in [2.24, 2.45) is 11.8 Å².